The van der Waals surface area contributed by atoms with E-state index in [0.717, 1.165) is 0 Å². The molecule has 1 rings (SSSR count). The number of hydrogen-bond donors (Lipinski definition) is 2. The standard InChI is InChI=1S/C10H8BrF4NOS/c11-5-1-2-6(7(18)3-5)8(17)16-4-10(14,15)9(12)13/h1-3,9,18H,4H2,(H,16,17). The number of thiol groups is 1. The van der Waals surface area contributed by atoms with Gasteiger partial charge in [-0.1, -0.05) is 15.9 Å². The predicted octanol–water partition coefficient (Wildman–Crippen LogP) is 3.37. The van der Waals surface area contributed by atoms with Crippen LogP contribution >= 0.6 is 28.6 Å². The van der Waals surface area contributed by atoms with Gasteiger partial charge in [0.25, 0.3) is 5.91 Å². The number of rotatable bonds is 4. The fourth-order valence-electron chi connectivity index (χ4n) is 1.07. The van der Waals surface area contributed by atoms with Crippen molar-refractivity contribution in [2.75, 3.05) is 6.54 Å². The number of nitrogens with one attached hydrogen (secondary N) is 1. The number of carbonyl (C=O) groups is 1. The molecule has 0 saturated carbocycles. The zero-order chi connectivity index (χ0) is 13.9. The Kier molecular flexibility index (Phi) is 5.03. The van der Waals surface area contributed by atoms with Crippen molar-refractivity contribution in [1.82, 2.24) is 5.32 Å². The molecule has 0 aliphatic heterocycles. The maximum absolute atomic E-state index is 12.6. The van der Waals surface area contributed by atoms with Gasteiger partial charge in [-0.2, -0.15) is 8.78 Å². The molecular formula is C10H8BrF4NOS. The van der Waals surface area contributed by atoms with E-state index < -0.39 is 24.8 Å². The van der Waals surface area contributed by atoms with Crippen molar-refractivity contribution in [3.8, 4) is 0 Å². The van der Waals surface area contributed by atoms with Crippen LogP contribution in [0.25, 0.3) is 0 Å². The molecule has 0 atom stereocenters. The van der Waals surface area contributed by atoms with E-state index in [4.69, 9.17) is 0 Å². The first-order chi connectivity index (χ1) is 8.24. The van der Waals surface area contributed by atoms with Crippen molar-refractivity contribution >= 4 is 34.5 Å². The average molecular weight is 346 g/mol. The normalized spacial score (nSPS) is 11.7. The second-order valence-corrected chi connectivity index (χ2v) is 4.80. The summed E-state index contributed by atoms with van der Waals surface area (Å²) in [5.41, 5.74) is 0.0339. The van der Waals surface area contributed by atoms with Gasteiger partial charge in [0, 0.05) is 9.37 Å². The molecule has 2 nitrogen and oxygen atoms in total. The first-order valence-electron chi connectivity index (χ1n) is 4.66. The van der Waals surface area contributed by atoms with Gasteiger partial charge in [0.15, 0.2) is 0 Å². The lowest BCUT2D eigenvalue weighted by Crippen LogP contribution is -2.41. The third-order valence-corrected chi connectivity index (χ3v) is 2.87. The third-order valence-electron chi connectivity index (χ3n) is 2.01. The molecule has 100 valence electrons. The lowest BCUT2D eigenvalue weighted by Gasteiger charge is -2.16. The Morgan fingerprint density at radius 3 is 2.56 bits per heavy atom. The van der Waals surface area contributed by atoms with E-state index in [1.54, 1.807) is 5.32 Å². The Hall–Kier alpha value is -0.760. The summed E-state index contributed by atoms with van der Waals surface area (Å²) in [7, 11) is 0. The molecule has 0 heterocycles. The van der Waals surface area contributed by atoms with E-state index in [-0.39, 0.29) is 10.5 Å². The van der Waals surface area contributed by atoms with E-state index >= 15 is 0 Å². The maximum Gasteiger partial charge on any atom is 0.324 e. The summed E-state index contributed by atoms with van der Waals surface area (Å²) in [4.78, 5) is 11.7. The SMILES string of the molecule is O=C(NCC(F)(F)C(F)F)c1ccc(Br)cc1S. The van der Waals surface area contributed by atoms with Gasteiger partial charge in [-0.05, 0) is 18.2 Å². The first kappa shape index (κ1) is 15.3. The molecule has 18 heavy (non-hydrogen) atoms. The van der Waals surface area contributed by atoms with Crippen LogP contribution in [0.2, 0.25) is 0 Å². The van der Waals surface area contributed by atoms with Crippen LogP contribution in [-0.4, -0.2) is 24.8 Å². The summed E-state index contributed by atoms with van der Waals surface area (Å²) in [6.07, 6.45) is -3.82. The second-order valence-electron chi connectivity index (χ2n) is 3.41. The topological polar surface area (TPSA) is 29.1 Å². The molecule has 0 aromatic heterocycles. The second kappa shape index (κ2) is 5.92. The van der Waals surface area contributed by atoms with E-state index in [1.807, 2.05) is 0 Å². The minimum Gasteiger partial charge on any atom is -0.346 e. The minimum absolute atomic E-state index is 0.0339. The van der Waals surface area contributed by atoms with Crippen molar-refractivity contribution in [2.45, 2.75) is 17.2 Å². The smallest absolute Gasteiger partial charge is 0.324 e. The predicted molar refractivity (Wildman–Crippen MR) is 64.7 cm³/mol. The number of carbonyl (C=O) groups excluding carboxylic acids is 1. The molecule has 0 saturated heterocycles. The Labute approximate surface area is 114 Å². The highest BCUT2D eigenvalue weighted by Crippen LogP contribution is 2.23. The van der Waals surface area contributed by atoms with Crippen molar-refractivity contribution in [3.05, 3.63) is 28.2 Å². The van der Waals surface area contributed by atoms with Gasteiger partial charge in [0.05, 0.1) is 12.1 Å². The average Bonchev–Trinajstić information content (AvgIpc) is 2.25. The Bertz CT molecular complexity index is 456. The number of hydrogen-bond acceptors (Lipinski definition) is 2. The molecule has 0 aliphatic rings. The fourth-order valence-corrected chi connectivity index (χ4v) is 1.92. The van der Waals surface area contributed by atoms with Crippen LogP contribution in [0, 0.1) is 0 Å². The molecular weight excluding hydrogens is 338 g/mol. The molecule has 0 fully saturated rings. The molecule has 0 spiro atoms. The zero-order valence-electron chi connectivity index (χ0n) is 8.76. The number of halogens is 5. The molecule has 1 amide bonds. The van der Waals surface area contributed by atoms with Gasteiger partial charge in [-0.15, -0.1) is 12.6 Å². The van der Waals surface area contributed by atoms with Gasteiger partial charge in [-0.25, -0.2) is 8.78 Å². The lowest BCUT2D eigenvalue weighted by molar-refractivity contribution is -0.123. The van der Waals surface area contributed by atoms with Crippen LogP contribution in [0.3, 0.4) is 0 Å². The number of alkyl halides is 4. The van der Waals surface area contributed by atoms with Crippen LogP contribution in [0.15, 0.2) is 27.6 Å². The van der Waals surface area contributed by atoms with Gasteiger partial charge in [0.2, 0.25) is 0 Å². The van der Waals surface area contributed by atoms with Crippen molar-refractivity contribution in [1.29, 1.82) is 0 Å². The van der Waals surface area contributed by atoms with Gasteiger partial charge < -0.3 is 5.32 Å². The van der Waals surface area contributed by atoms with E-state index in [0.29, 0.717) is 4.47 Å². The minimum atomic E-state index is -4.25. The maximum atomic E-state index is 12.6. The molecule has 0 radical (unpaired) electrons. The summed E-state index contributed by atoms with van der Waals surface area (Å²) < 4.78 is 49.6. The summed E-state index contributed by atoms with van der Waals surface area (Å²) in [6, 6.07) is 4.35. The summed E-state index contributed by atoms with van der Waals surface area (Å²) in [5.74, 6) is -5.13. The molecule has 0 bridgehead atoms. The highest BCUT2D eigenvalue weighted by Gasteiger charge is 2.40. The Morgan fingerprint density at radius 1 is 1.44 bits per heavy atom. The third kappa shape index (κ3) is 3.88. The molecule has 8 heteroatoms. The first-order valence-corrected chi connectivity index (χ1v) is 5.91. The number of amides is 1. The fraction of sp³-hybridized carbons (Fsp3) is 0.300. The van der Waals surface area contributed by atoms with E-state index in [9.17, 15) is 22.4 Å². The quantitative estimate of drug-likeness (QED) is 0.635. The van der Waals surface area contributed by atoms with Crippen LogP contribution in [0.4, 0.5) is 17.6 Å². The summed E-state index contributed by atoms with van der Waals surface area (Å²) in [5, 5.41) is 1.75. The molecule has 0 unspecified atom stereocenters. The van der Waals surface area contributed by atoms with Crippen LogP contribution in [-0.2, 0) is 0 Å². The van der Waals surface area contributed by atoms with Gasteiger partial charge in [0.1, 0.15) is 0 Å². The highest BCUT2D eigenvalue weighted by molar-refractivity contribution is 9.10. The highest BCUT2D eigenvalue weighted by atomic mass is 79.9. The molecule has 1 N–H and O–H groups in total. The Morgan fingerprint density at radius 2 is 2.06 bits per heavy atom. The Balaban J connectivity index is 2.72. The van der Waals surface area contributed by atoms with Gasteiger partial charge in [-0.3, -0.25) is 4.79 Å². The number of benzene rings is 1. The van der Waals surface area contributed by atoms with Crippen LogP contribution in [0.5, 0.6) is 0 Å². The van der Waals surface area contributed by atoms with Crippen molar-refractivity contribution in [3.63, 3.8) is 0 Å². The van der Waals surface area contributed by atoms with Gasteiger partial charge >= 0.3 is 12.3 Å². The van der Waals surface area contributed by atoms with Crippen molar-refractivity contribution < 1.29 is 22.4 Å². The largest absolute Gasteiger partial charge is 0.346 e. The zero-order valence-corrected chi connectivity index (χ0v) is 11.2. The van der Waals surface area contributed by atoms with Crippen LogP contribution in [0.1, 0.15) is 10.4 Å². The molecule has 1 aromatic rings. The monoisotopic (exact) mass is 345 g/mol. The summed E-state index contributed by atoms with van der Waals surface area (Å²) in [6.45, 7) is -1.42. The van der Waals surface area contributed by atoms with Crippen molar-refractivity contribution in [2.24, 2.45) is 0 Å². The molecule has 1 aromatic carbocycles. The lowest BCUT2D eigenvalue weighted by atomic mass is 10.2. The summed E-state index contributed by atoms with van der Waals surface area (Å²) >= 11 is 7.12. The molecule has 0 aliphatic carbocycles. The van der Waals surface area contributed by atoms with E-state index in [2.05, 4.69) is 28.6 Å². The van der Waals surface area contributed by atoms with E-state index in [1.165, 1.54) is 18.2 Å². The van der Waals surface area contributed by atoms with Crippen LogP contribution < -0.4 is 5.32 Å².